The predicted octanol–water partition coefficient (Wildman–Crippen LogP) is 4.44. The van der Waals surface area contributed by atoms with Crippen molar-refractivity contribution in [2.24, 2.45) is 0 Å². The molecule has 1 unspecified atom stereocenters. The van der Waals surface area contributed by atoms with Crippen molar-refractivity contribution in [1.29, 1.82) is 0 Å². The first-order valence-electron chi connectivity index (χ1n) is 10.5. The molecule has 2 aromatic rings. The van der Waals surface area contributed by atoms with E-state index in [9.17, 15) is 14.0 Å². The zero-order valence-electron chi connectivity index (χ0n) is 18.9. The van der Waals surface area contributed by atoms with Crippen LogP contribution in [0.15, 0.2) is 24.3 Å². The molecule has 0 radical (unpaired) electrons. The van der Waals surface area contributed by atoms with Gasteiger partial charge in [0.25, 0.3) is 5.91 Å². The maximum Gasteiger partial charge on any atom is 0.277 e. The number of halogens is 4. The van der Waals surface area contributed by atoms with Crippen molar-refractivity contribution < 1.29 is 37.5 Å². The highest BCUT2D eigenvalue weighted by Crippen LogP contribution is 2.31. The minimum atomic E-state index is -1.48. The molecule has 8 nitrogen and oxygen atoms in total. The monoisotopic (exact) mass is 627 g/mol. The van der Waals surface area contributed by atoms with Crippen molar-refractivity contribution in [3.05, 3.63) is 56.4 Å². The molecule has 192 valence electrons. The Bertz CT molecular complexity index is 1060. The highest BCUT2D eigenvalue weighted by atomic mass is 127. The Hall–Kier alpha value is -2.07. The first kappa shape index (κ1) is 29.2. The number of hydroxylamine groups is 3. The molecule has 0 fully saturated rings. The van der Waals surface area contributed by atoms with E-state index in [-0.39, 0.29) is 17.9 Å². The summed E-state index contributed by atoms with van der Waals surface area (Å²) in [6.07, 6.45) is 1.19. The Morgan fingerprint density at radius 1 is 1.23 bits per heavy atom. The number of hydrogen-bond acceptors (Lipinski definition) is 7. The summed E-state index contributed by atoms with van der Waals surface area (Å²) in [6, 6.07) is 5.00. The van der Waals surface area contributed by atoms with Gasteiger partial charge in [-0.15, -0.1) is 12.6 Å². The second-order valence-electron chi connectivity index (χ2n) is 7.24. The first-order chi connectivity index (χ1) is 16.6. The number of rotatable bonds is 12. The van der Waals surface area contributed by atoms with Gasteiger partial charge in [0, 0.05) is 16.1 Å². The number of nitrogens with zero attached hydrogens (tertiary/aromatic N) is 1. The van der Waals surface area contributed by atoms with E-state index in [4.69, 9.17) is 14.8 Å². The average molecular weight is 627 g/mol. The molecule has 13 heteroatoms. The molecule has 0 aromatic heterocycles. The van der Waals surface area contributed by atoms with E-state index in [0.717, 1.165) is 11.1 Å². The van der Waals surface area contributed by atoms with Crippen LogP contribution < -0.4 is 10.8 Å². The Kier molecular flexibility index (Phi) is 11.6. The normalized spacial score (nSPS) is 11.8. The Morgan fingerprint density at radius 3 is 2.54 bits per heavy atom. The highest BCUT2D eigenvalue weighted by molar-refractivity contribution is 14.1. The molecule has 0 aliphatic heterocycles. The second kappa shape index (κ2) is 13.9. The number of thiol groups is 1. The third-order valence-corrected chi connectivity index (χ3v) is 5.55. The summed E-state index contributed by atoms with van der Waals surface area (Å²) >= 11 is 6.10. The number of carbonyl (C=O) groups is 2. The van der Waals surface area contributed by atoms with Crippen molar-refractivity contribution in [2.75, 3.05) is 18.5 Å². The van der Waals surface area contributed by atoms with E-state index in [2.05, 4.69) is 17.9 Å². The van der Waals surface area contributed by atoms with Gasteiger partial charge < -0.3 is 10.4 Å². The summed E-state index contributed by atoms with van der Waals surface area (Å²) < 4.78 is 45.2. The molecular weight excluding hydrogens is 602 g/mol. The van der Waals surface area contributed by atoms with Crippen molar-refractivity contribution in [1.82, 2.24) is 10.5 Å². The van der Waals surface area contributed by atoms with Crippen LogP contribution in [0.3, 0.4) is 0 Å². The van der Waals surface area contributed by atoms with Crippen LogP contribution in [0.25, 0.3) is 0 Å². The lowest BCUT2D eigenvalue weighted by atomic mass is 10.1. The molecule has 2 aromatic carbocycles. The summed E-state index contributed by atoms with van der Waals surface area (Å²) in [6.45, 7) is 1.85. The van der Waals surface area contributed by atoms with Gasteiger partial charge in [-0.1, -0.05) is 13.3 Å². The van der Waals surface area contributed by atoms with E-state index in [0.29, 0.717) is 16.4 Å². The minimum Gasteiger partial charge on any atom is -0.394 e. The predicted molar refractivity (Wildman–Crippen MR) is 134 cm³/mol. The van der Waals surface area contributed by atoms with Crippen molar-refractivity contribution in [3.63, 3.8) is 0 Å². The lowest BCUT2D eigenvalue weighted by Crippen LogP contribution is -2.32. The van der Waals surface area contributed by atoms with Crippen LogP contribution in [0.2, 0.25) is 0 Å². The lowest BCUT2D eigenvalue weighted by molar-refractivity contribution is -0.194. The van der Waals surface area contributed by atoms with Gasteiger partial charge in [0.1, 0.15) is 11.3 Å². The fraction of sp³-hybridized carbons (Fsp3) is 0.364. The number of amides is 2. The molecule has 2 rings (SSSR count). The molecule has 0 heterocycles. The minimum absolute atomic E-state index is 0.201. The number of aliphatic hydroxyl groups excluding tert-OH is 1. The van der Waals surface area contributed by atoms with Crippen LogP contribution in [0.5, 0.6) is 0 Å². The van der Waals surface area contributed by atoms with Crippen LogP contribution in [-0.2, 0) is 21.0 Å². The van der Waals surface area contributed by atoms with Crippen LogP contribution >= 0.6 is 35.2 Å². The van der Waals surface area contributed by atoms with Crippen LogP contribution in [0.1, 0.15) is 42.6 Å². The summed E-state index contributed by atoms with van der Waals surface area (Å²) in [5.74, 6) is -5.20. The topological polar surface area (TPSA) is 100 Å². The number of nitrogens with one attached hydrogen (secondary N) is 2. The third-order valence-electron chi connectivity index (χ3n) is 4.53. The average Bonchev–Trinajstić information content (AvgIpc) is 2.79. The smallest absolute Gasteiger partial charge is 0.277 e. The van der Waals surface area contributed by atoms with E-state index in [1.54, 1.807) is 0 Å². The zero-order chi connectivity index (χ0) is 26.1. The number of anilines is 2. The van der Waals surface area contributed by atoms with E-state index in [1.165, 1.54) is 25.1 Å². The van der Waals surface area contributed by atoms with E-state index >= 15 is 8.78 Å². The number of hydrogen-bond donors (Lipinski definition) is 4. The van der Waals surface area contributed by atoms with Crippen molar-refractivity contribution in [3.8, 4) is 0 Å². The maximum absolute atomic E-state index is 15.2. The molecular formula is C22H25F3IN3O5S. The molecule has 0 aliphatic rings. The molecule has 1 atom stereocenters. The fourth-order valence-electron chi connectivity index (χ4n) is 2.86. The number of benzene rings is 2. The SMILES string of the molecule is CCCC(S)ON(Cc1cc(C(=O)NOCCO)c(Nc2ccc(I)cc2F)c(F)c1F)C(C)=O. The highest BCUT2D eigenvalue weighted by Gasteiger charge is 2.26. The van der Waals surface area contributed by atoms with Crippen molar-refractivity contribution in [2.45, 2.75) is 38.7 Å². The van der Waals surface area contributed by atoms with E-state index < -0.39 is 59.1 Å². The lowest BCUT2D eigenvalue weighted by Gasteiger charge is -2.25. The zero-order valence-corrected chi connectivity index (χ0v) is 22.0. The molecule has 0 bridgehead atoms. The summed E-state index contributed by atoms with van der Waals surface area (Å²) in [7, 11) is 0. The Balaban J connectivity index is 2.51. The van der Waals surface area contributed by atoms with E-state index in [1.807, 2.05) is 35.0 Å². The van der Waals surface area contributed by atoms with Gasteiger partial charge in [0.15, 0.2) is 11.6 Å². The molecule has 0 saturated carbocycles. The van der Waals surface area contributed by atoms with Gasteiger partial charge in [-0.2, -0.15) is 0 Å². The van der Waals surface area contributed by atoms with Gasteiger partial charge in [-0.25, -0.2) is 23.7 Å². The molecule has 2 amide bonds. The molecule has 3 N–H and O–H groups in total. The molecule has 0 saturated heterocycles. The Morgan fingerprint density at radius 2 is 1.94 bits per heavy atom. The summed E-state index contributed by atoms with van der Waals surface area (Å²) in [5, 5.41) is 12.1. The van der Waals surface area contributed by atoms with Crippen LogP contribution in [-0.4, -0.2) is 40.6 Å². The summed E-state index contributed by atoms with van der Waals surface area (Å²) in [4.78, 5) is 34.9. The second-order valence-corrected chi connectivity index (χ2v) is 9.06. The number of aliphatic hydroxyl groups is 1. The van der Waals surface area contributed by atoms with Crippen LogP contribution in [0, 0.1) is 21.0 Å². The standard InChI is InChI=1S/C22H25F3IN3O5S/c1-3-4-18(35)34-29(12(2)31)11-13-9-15(22(32)28-33-8-7-30)21(20(25)19(13)24)27-17-6-5-14(26)10-16(17)23/h5-6,9-10,18,27,30,35H,3-4,7-8,11H2,1-2H3,(H,28,32). The quantitative estimate of drug-likeness (QED) is 0.0914. The third kappa shape index (κ3) is 8.24. The van der Waals surface area contributed by atoms with Crippen molar-refractivity contribution >= 4 is 58.4 Å². The largest absolute Gasteiger partial charge is 0.394 e. The Labute approximate surface area is 219 Å². The number of carbonyl (C=O) groups excluding carboxylic acids is 2. The van der Waals surface area contributed by atoms with Crippen LogP contribution in [0.4, 0.5) is 24.5 Å². The van der Waals surface area contributed by atoms with Gasteiger partial charge >= 0.3 is 0 Å². The van der Waals surface area contributed by atoms with Gasteiger partial charge in [-0.3, -0.25) is 19.3 Å². The van der Waals surface area contributed by atoms with Gasteiger partial charge in [-0.05, 0) is 53.3 Å². The van der Waals surface area contributed by atoms with Gasteiger partial charge in [0.2, 0.25) is 5.91 Å². The fourth-order valence-corrected chi connectivity index (χ4v) is 3.69. The molecule has 0 aliphatic carbocycles. The first-order valence-corrected chi connectivity index (χ1v) is 12.1. The van der Waals surface area contributed by atoms with Gasteiger partial charge in [0.05, 0.1) is 36.7 Å². The molecule has 35 heavy (non-hydrogen) atoms. The molecule has 0 spiro atoms. The maximum atomic E-state index is 15.2. The summed E-state index contributed by atoms with van der Waals surface area (Å²) in [5.41, 5.74) is -0.333.